The van der Waals surface area contributed by atoms with Crippen LogP contribution < -0.4 is 0 Å². The van der Waals surface area contributed by atoms with Crippen LogP contribution in [0.5, 0.6) is 0 Å². The van der Waals surface area contributed by atoms with Crippen molar-refractivity contribution >= 4 is 22.5 Å². The molecule has 2 aromatic heterocycles. The molecule has 8 heteroatoms. The van der Waals surface area contributed by atoms with Crippen LogP contribution in [0.4, 0.5) is 13.2 Å². The summed E-state index contributed by atoms with van der Waals surface area (Å²) >= 11 is 6.13. The molecule has 0 N–H and O–H groups in total. The number of aromatic nitrogens is 3. The number of pyridine rings is 1. The van der Waals surface area contributed by atoms with Crippen LogP contribution >= 0.6 is 11.6 Å². The maximum Gasteiger partial charge on any atom is 0.417 e. The molecule has 0 spiro atoms. The van der Waals surface area contributed by atoms with Crippen LogP contribution in [0.1, 0.15) is 35.4 Å². The molecule has 0 bridgehead atoms. The van der Waals surface area contributed by atoms with E-state index in [1.54, 1.807) is 0 Å². The van der Waals surface area contributed by atoms with E-state index >= 15 is 0 Å². The first-order chi connectivity index (χ1) is 13.8. The predicted octanol–water partition coefficient (Wildman–Crippen LogP) is 5.48. The molecular formula is C21H20ClF3N4. The van der Waals surface area contributed by atoms with Crippen LogP contribution in [-0.2, 0) is 6.18 Å². The van der Waals surface area contributed by atoms with E-state index in [2.05, 4.69) is 33.2 Å². The molecular weight excluding hydrogens is 401 g/mol. The van der Waals surface area contributed by atoms with Crippen molar-refractivity contribution in [3.05, 3.63) is 52.2 Å². The van der Waals surface area contributed by atoms with Gasteiger partial charge in [-0.1, -0.05) is 29.8 Å². The highest BCUT2D eigenvalue weighted by Gasteiger charge is 2.32. The Hall–Kier alpha value is -2.25. The number of fused-ring (bicyclic) bond motifs is 1. The van der Waals surface area contributed by atoms with Crippen molar-refractivity contribution in [1.82, 2.24) is 20.1 Å². The molecule has 0 saturated carbocycles. The van der Waals surface area contributed by atoms with Gasteiger partial charge in [0, 0.05) is 18.1 Å². The standard InChI is InChI=1S/C21H20ClF3N4/c1-12-15-6-3-7-16(13-5-4-8-29(2)11-13)19(15)28-27-18(12)20-17(22)9-14(10-26-20)21(23,24)25/h3,6-7,9-10,13H,4-5,8,11H2,1-2H3/t13-/m0/s1. The van der Waals surface area contributed by atoms with Crippen LogP contribution in [0.2, 0.25) is 5.02 Å². The van der Waals surface area contributed by atoms with Crippen molar-refractivity contribution in [2.24, 2.45) is 0 Å². The van der Waals surface area contributed by atoms with E-state index in [0.29, 0.717) is 11.6 Å². The fourth-order valence-electron chi connectivity index (χ4n) is 4.02. The lowest BCUT2D eigenvalue weighted by Gasteiger charge is -2.30. The summed E-state index contributed by atoms with van der Waals surface area (Å²) in [7, 11) is 2.12. The molecule has 0 aliphatic carbocycles. The highest BCUT2D eigenvalue weighted by atomic mass is 35.5. The normalized spacial score (nSPS) is 18.3. The maximum atomic E-state index is 12.9. The lowest BCUT2D eigenvalue weighted by molar-refractivity contribution is -0.137. The number of hydrogen-bond acceptors (Lipinski definition) is 4. The van der Waals surface area contributed by atoms with Crippen LogP contribution in [0.25, 0.3) is 22.3 Å². The summed E-state index contributed by atoms with van der Waals surface area (Å²) in [6, 6.07) is 6.91. The molecule has 1 saturated heterocycles. The van der Waals surface area contributed by atoms with Crippen molar-refractivity contribution in [2.75, 3.05) is 20.1 Å². The number of piperidine rings is 1. The first-order valence-corrected chi connectivity index (χ1v) is 9.81. The molecule has 3 heterocycles. The molecule has 1 aromatic carbocycles. The molecule has 0 amide bonds. The van der Waals surface area contributed by atoms with E-state index in [4.69, 9.17) is 11.6 Å². The monoisotopic (exact) mass is 420 g/mol. The summed E-state index contributed by atoms with van der Waals surface area (Å²) in [6.07, 6.45) is -1.49. The van der Waals surface area contributed by atoms with Crippen LogP contribution in [-0.4, -0.2) is 40.2 Å². The zero-order chi connectivity index (χ0) is 20.8. The number of likely N-dealkylation sites (N-methyl/N-ethyl adjacent to an activating group) is 1. The van der Waals surface area contributed by atoms with Gasteiger partial charge >= 0.3 is 6.18 Å². The Labute approximate surface area is 171 Å². The summed E-state index contributed by atoms with van der Waals surface area (Å²) in [6.45, 7) is 3.93. The summed E-state index contributed by atoms with van der Waals surface area (Å²) in [5, 5.41) is 9.57. The minimum absolute atomic E-state index is 0.0957. The molecule has 1 atom stereocenters. The summed E-state index contributed by atoms with van der Waals surface area (Å²) < 4.78 is 38.7. The Kier molecular flexibility index (Phi) is 5.21. The fourth-order valence-corrected chi connectivity index (χ4v) is 4.28. The zero-order valence-corrected chi connectivity index (χ0v) is 16.8. The molecule has 0 radical (unpaired) electrons. The second-order valence-electron chi connectivity index (χ2n) is 7.57. The second kappa shape index (κ2) is 7.54. The van der Waals surface area contributed by atoms with Gasteiger partial charge in [0.1, 0.15) is 11.4 Å². The first kappa shape index (κ1) is 20.0. The smallest absolute Gasteiger partial charge is 0.306 e. The van der Waals surface area contributed by atoms with Gasteiger partial charge in [0.05, 0.1) is 16.1 Å². The maximum absolute atomic E-state index is 12.9. The van der Waals surface area contributed by atoms with Gasteiger partial charge in [-0.25, -0.2) is 0 Å². The van der Waals surface area contributed by atoms with Gasteiger partial charge in [-0.2, -0.15) is 13.2 Å². The molecule has 1 aliphatic rings. The lowest BCUT2D eigenvalue weighted by atomic mass is 9.88. The highest BCUT2D eigenvalue weighted by Crippen LogP contribution is 2.37. The van der Waals surface area contributed by atoms with Crippen molar-refractivity contribution in [3.63, 3.8) is 0 Å². The minimum atomic E-state index is -4.50. The largest absolute Gasteiger partial charge is 0.417 e. The van der Waals surface area contributed by atoms with Crippen LogP contribution in [0.3, 0.4) is 0 Å². The number of nitrogens with zero attached hydrogens (tertiary/aromatic N) is 4. The molecule has 4 rings (SSSR count). The van der Waals surface area contributed by atoms with Gasteiger partial charge in [-0.05, 0) is 56.5 Å². The zero-order valence-electron chi connectivity index (χ0n) is 16.1. The van der Waals surface area contributed by atoms with E-state index in [1.807, 2.05) is 19.1 Å². The van der Waals surface area contributed by atoms with E-state index in [-0.39, 0.29) is 10.7 Å². The Bertz CT molecular complexity index is 1070. The van der Waals surface area contributed by atoms with Gasteiger partial charge in [-0.3, -0.25) is 4.98 Å². The fraction of sp³-hybridized carbons (Fsp3) is 0.381. The van der Waals surface area contributed by atoms with Gasteiger partial charge in [-0.15, -0.1) is 10.2 Å². The predicted molar refractivity (Wildman–Crippen MR) is 107 cm³/mol. The number of halogens is 4. The minimum Gasteiger partial charge on any atom is -0.306 e. The number of likely N-dealkylation sites (tertiary alicyclic amines) is 1. The topological polar surface area (TPSA) is 41.9 Å². The summed E-state index contributed by atoms with van der Waals surface area (Å²) in [4.78, 5) is 6.26. The van der Waals surface area contributed by atoms with Crippen molar-refractivity contribution in [2.45, 2.75) is 31.9 Å². The van der Waals surface area contributed by atoms with Gasteiger partial charge in [0.15, 0.2) is 0 Å². The quantitative estimate of drug-likeness (QED) is 0.550. The van der Waals surface area contributed by atoms with Crippen molar-refractivity contribution in [3.8, 4) is 11.4 Å². The Balaban J connectivity index is 1.80. The van der Waals surface area contributed by atoms with Gasteiger partial charge in [0.25, 0.3) is 0 Å². The third-order valence-electron chi connectivity index (χ3n) is 5.53. The van der Waals surface area contributed by atoms with E-state index in [0.717, 1.165) is 60.2 Å². The summed E-state index contributed by atoms with van der Waals surface area (Å²) in [5.41, 5.74) is 2.50. The molecule has 1 aliphatic heterocycles. The number of aryl methyl sites for hydroxylation is 1. The molecule has 29 heavy (non-hydrogen) atoms. The highest BCUT2D eigenvalue weighted by molar-refractivity contribution is 6.33. The first-order valence-electron chi connectivity index (χ1n) is 9.43. The number of rotatable bonds is 2. The Morgan fingerprint density at radius 2 is 1.97 bits per heavy atom. The van der Waals surface area contributed by atoms with Gasteiger partial charge in [0.2, 0.25) is 0 Å². The van der Waals surface area contributed by atoms with Crippen molar-refractivity contribution < 1.29 is 13.2 Å². The van der Waals surface area contributed by atoms with E-state index in [1.165, 1.54) is 0 Å². The molecule has 152 valence electrons. The Morgan fingerprint density at radius 3 is 2.66 bits per heavy atom. The number of alkyl halides is 3. The third-order valence-corrected chi connectivity index (χ3v) is 5.82. The third kappa shape index (κ3) is 3.81. The molecule has 3 aromatic rings. The average Bonchev–Trinajstić information content (AvgIpc) is 2.68. The second-order valence-corrected chi connectivity index (χ2v) is 7.98. The van der Waals surface area contributed by atoms with E-state index < -0.39 is 11.7 Å². The SMILES string of the molecule is Cc1c(-c2ncc(C(F)(F)F)cc2Cl)nnc2c([C@H]3CCCN(C)C3)cccc12. The molecule has 4 nitrogen and oxygen atoms in total. The van der Waals surface area contributed by atoms with Gasteiger partial charge < -0.3 is 4.90 Å². The van der Waals surface area contributed by atoms with Crippen LogP contribution in [0.15, 0.2) is 30.5 Å². The van der Waals surface area contributed by atoms with E-state index in [9.17, 15) is 13.2 Å². The Morgan fingerprint density at radius 1 is 1.17 bits per heavy atom. The number of benzene rings is 1. The molecule has 1 fully saturated rings. The average molecular weight is 421 g/mol. The molecule has 0 unspecified atom stereocenters. The van der Waals surface area contributed by atoms with Crippen molar-refractivity contribution in [1.29, 1.82) is 0 Å². The summed E-state index contributed by atoms with van der Waals surface area (Å²) in [5.74, 6) is 0.379. The lowest BCUT2D eigenvalue weighted by Crippen LogP contribution is -2.31. The van der Waals surface area contributed by atoms with Crippen LogP contribution in [0, 0.1) is 6.92 Å². The number of hydrogen-bond donors (Lipinski definition) is 0.